The summed E-state index contributed by atoms with van der Waals surface area (Å²) in [6.07, 6.45) is 8.97. The lowest BCUT2D eigenvalue weighted by Crippen LogP contribution is -2.43. The van der Waals surface area contributed by atoms with Crippen molar-refractivity contribution in [3.05, 3.63) is 12.2 Å². The number of likely N-dealkylation sites (N-methyl/N-ethyl adjacent to an activating group) is 1. The summed E-state index contributed by atoms with van der Waals surface area (Å²) < 4.78 is 0. The number of carbonyl (C=O) groups excluding carboxylic acids is 1. The molecule has 22 heavy (non-hydrogen) atoms. The van der Waals surface area contributed by atoms with Crippen molar-refractivity contribution in [2.75, 3.05) is 14.2 Å². The fraction of sp³-hybridized carbons (Fsp3) is 0.833. The van der Waals surface area contributed by atoms with E-state index in [1.807, 2.05) is 6.08 Å². The van der Waals surface area contributed by atoms with E-state index >= 15 is 0 Å². The van der Waals surface area contributed by atoms with Gasteiger partial charge in [0, 0.05) is 13.1 Å². The molecule has 0 saturated heterocycles. The van der Waals surface area contributed by atoms with E-state index < -0.39 is 0 Å². The zero-order valence-corrected chi connectivity index (χ0v) is 14.6. The number of fused-ring (bicyclic) bond motifs is 1. The number of hydrogen-bond acceptors (Lipinski definition) is 3. The first-order valence-electron chi connectivity index (χ1n) is 8.41. The summed E-state index contributed by atoms with van der Waals surface area (Å²) in [7, 11) is 3.10. The Morgan fingerprint density at radius 2 is 2.05 bits per heavy atom. The highest BCUT2D eigenvalue weighted by Crippen LogP contribution is 2.60. The molecule has 2 aliphatic rings. The van der Waals surface area contributed by atoms with E-state index in [4.69, 9.17) is 4.84 Å². The standard InChI is InChI=1S/C18H31NO3/c1-17(2,12-10-16(21)19(4)22-5)15-9-8-13-14(20)7-6-11-18(13,15)3/h10,12-15,20H,6-9,11H2,1-5H3/b12-10+/t13?,14-,15?,18-/m0/s1. The van der Waals surface area contributed by atoms with Crippen molar-refractivity contribution >= 4 is 5.91 Å². The van der Waals surface area contributed by atoms with Crippen molar-refractivity contribution in [3.8, 4) is 0 Å². The summed E-state index contributed by atoms with van der Waals surface area (Å²) in [5, 5.41) is 11.6. The van der Waals surface area contributed by atoms with Gasteiger partial charge in [-0.3, -0.25) is 9.63 Å². The maximum atomic E-state index is 11.9. The van der Waals surface area contributed by atoms with E-state index in [0.29, 0.717) is 11.8 Å². The predicted octanol–water partition coefficient (Wildman–Crippen LogP) is 3.17. The number of hydrogen-bond donors (Lipinski definition) is 1. The number of amides is 1. The third kappa shape index (κ3) is 3.09. The molecule has 1 amide bonds. The summed E-state index contributed by atoms with van der Waals surface area (Å²) in [6, 6.07) is 0. The molecule has 2 saturated carbocycles. The molecule has 4 nitrogen and oxygen atoms in total. The normalized spacial score (nSPS) is 35.6. The van der Waals surface area contributed by atoms with Gasteiger partial charge in [0.05, 0.1) is 13.2 Å². The number of allylic oxidation sites excluding steroid dienone is 1. The summed E-state index contributed by atoms with van der Waals surface area (Å²) in [5.41, 5.74) is 0.118. The molecule has 0 aromatic rings. The summed E-state index contributed by atoms with van der Waals surface area (Å²) >= 11 is 0. The third-order valence-corrected chi connectivity index (χ3v) is 6.23. The smallest absolute Gasteiger partial charge is 0.269 e. The molecular weight excluding hydrogens is 278 g/mol. The van der Waals surface area contributed by atoms with E-state index in [1.54, 1.807) is 13.1 Å². The van der Waals surface area contributed by atoms with Crippen LogP contribution >= 0.6 is 0 Å². The first-order chi connectivity index (χ1) is 10.2. The zero-order valence-electron chi connectivity index (χ0n) is 14.6. The first kappa shape index (κ1) is 17.5. The van der Waals surface area contributed by atoms with Gasteiger partial charge >= 0.3 is 0 Å². The number of carbonyl (C=O) groups is 1. The Labute approximate surface area is 134 Å². The number of hydroxylamine groups is 2. The van der Waals surface area contributed by atoms with Gasteiger partial charge in [0.2, 0.25) is 0 Å². The molecule has 0 aliphatic heterocycles. The van der Waals surface area contributed by atoms with Gasteiger partial charge in [-0.15, -0.1) is 0 Å². The van der Waals surface area contributed by atoms with Gasteiger partial charge in [-0.2, -0.15) is 0 Å². The highest BCUT2D eigenvalue weighted by molar-refractivity contribution is 5.86. The second kappa shape index (κ2) is 6.32. The van der Waals surface area contributed by atoms with Crippen molar-refractivity contribution in [3.63, 3.8) is 0 Å². The van der Waals surface area contributed by atoms with Crippen LogP contribution in [0.15, 0.2) is 12.2 Å². The third-order valence-electron chi connectivity index (χ3n) is 6.23. The summed E-state index contributed by atoms with van der Waals surface area (Å²) in [6.45, 7) is 6.77. The Kier molecular flexibility index (Phi) is 5.03. The molecule has 1 N–H and O–H groups in total. The van der Waals surface area contributed by atoms with Crippen molar-refractivity contribution in [2.45, 2.75) is 59.0 Å². The molecule has 126 valence electrons. The van der Waals surface area contributed by atoms with Crippen LogP contribution in [0.25, 0.3) is 0 Å². The fourth-order valence-electron chi connectivity index (χ4n) is 4.97. The Morgan fingerprint density at radius 3 is 2.68 bits per heavy atom. The molecule has 4 atom stereocenters. The monoisotopic (exact) mass is 309 g/mol. The maximum Gasteiger partial charge on any atom is 0.269 e. The van der Waals surface area contributed by atoms with Crippen LogP contribution in [0.4, 0.5) is 0 Å². The predicted molar refractivity (Wildman–Crippen MR) is 86.9 cm³/mol. The molecule has 0 aromatic carbocycles. The molecule has 2 fully saturated rings. The topological polar surface area (TPSA) is 49.8 Å². The van der Waals surface area contributed by atoms with Gasteiger partial charge in [0.25, 0.3) is 5.91 Å². The van der Waals surface area contributed by atoms with Gasteiger partial charge in [-0.1, -0.05) is 33.3 Å². The quantitative estimate of drug-likeness (QED) is 0.641. The lowest BCUT2D eigenvalue weighted by molar-refractivity contribution is -0.162. The van der Waals surface area contributed by atoms with E-state index in [1.165, 1.54) is 18.6 Å². The number of aliphatic hydroxyl groups is 1. The van der Waals surface area contributed by atoms with Gasteiger partial charge in [0.1, 0.15) is 0 Å². The van der Waals surface area contributed by atoms with Gasteiger partial charge in [-0.05, 0) is 48.3 Å². The number of aliphatic hydroxyl groups excluding tert-OH is 1. The second-order valence-corrected chi connectivity index (χ2v) is 7.87. The van der Waals surface area contributed by atoms with Crippen LogP contribution in [-0.2, 0) is 9.63 Å². The highest BCUT2D eigenvalue weighted by Gasteiger charge is 2.54. The Balaban J connectivity index is 2.16. The van der Waals surface area contributed by atoms with Crippen LogP contribution in [0, 0.1) is 22.7 Å². The Morgan fingerprint density at radius 1 is 1.36 bits per heavy atom. The molecule has 0 spiro atoms. The summed E-state index contributed by atoms with van der Waals surface area (Å²) in [4.78, 5) is 16.8. The number of rotatable bonds is 4. The minimum absolute atomic E-state index is 0.0647. The van der Waals surface area contributed by atoms with Crippen molar-refractivity contribution in [2.24, 2.45) is 22.7 Å². The Hall–Kier alpha value is -0.870. The fourth-order valence-corrected chi connectivity index (χ4v) is 4.97. The first-order valence-corrected chi connectivity index (χ1v) is 8.41. The van der Waals surface area contributed by atoms with Crippen LogP contribution in [0.3, 0.4) is 0 Å². The van der Waals surface area contributed by atoms with Crippen LogP contribution in [-0.4, -0.2) is 36.3 Å². The van der Waals surface area contributed by atoms with Crippen LogP contribution in [0.5, 0.6) is 0 Å². The second-order valence-electron chi connectivity index (χ2n) is 7.87. The van der Waals surface area contributed by atoms with E-state index in [-0.39, 0.29) is 22.8 Å². The lowest BCUT2D eigenvalue weighted by atomic mass is 9.58. The van der Waals surface area contributed by atoms with Crippen LogP contribution < -0.4 is 0 Å². The molecule has 2 rings (SSSR count). The molecule has 0 heterocycles. The van der Waals surface area contributed by atoms with Crippen LogP contribution in [0.1, 0.15) is 52.9 Å². The SMILES string of the molecule is CON(C)C(=O)/C=C/C(C)(C)C1CCC2[C@@H](O)CCC[C@@]21C. The van der Waals surface area contributed by atoms with Gasteiger partial charge in [0.15, 0.2) is 0 Å². The molecule has 0 radical (unpaired) electrons. The minimum Gasteiger partial charge on any atom is -0.393 e. The largest absolute Gasteiger partial charge is 0.393 e. The molecule has 2 aliphatic carbocycles. The zero-order chi connectivity index (χ0) is 16.5. The van der Waals surface area contributed by atoms with Gasteiger partial charge < -0.3 is 5.11 Å². The molecule has 0 bridgehead atoms. The van der Waals surface area contributed by atoms with E-state index in [2.05, 4.69) is 20.8 Å². The highest BCUT2D eigenvalue weighted by atomic mass is 16.7. The van der Waals surface area contributed by atoms with Gasteiger partial charge in [-0.25, -0.2) is 5.06 Å². The maximum absolute atomic E-state index is 11.9. The summed E-state index contributed by atoms with van der Waals surface area (Å²) in [5.74, 6) is 0.770. The lowest BCUT2D eigenvalue weighted by Gasteiger charge is -2.48. The average Bonchev–Trinajstić information content (AvgIpc) is 2.83. The minimum atomic E-state index is -0.148. The molecule has 0 aromatic heterocycles. The van der Waals surface area contributed by atoms with Crippen molar-refractivity contribution in [1.82, 2.24) is 5.06 Å². The van der Waals surface area contributed by atoms with E-state index in [9.17, 15) is 9.90 Å². The number of nitrogens with zero attached hydrogens (tertiary/aromatic N) is 1. The Bertz CT molecular complexity index is 446. The average molecular weight is 309 g/mol. The molecule has 2 unspecified atom stereocenters. The van der Waals surface area contributed by atoms with Crippen LogP contribution in [0.2, 0.25) is 0 Å². The van der Waals surface area contributed by atoms with E-state index in [0.717, 1.165) is 25.7 Å². The van der Waals surface area contributed by atoms with Crippen molar-refractivity contribution in [1.29, 1.82) is 0 Å². The molecule has 4 heteroatoms. The van der Waals surface area contributed by atoms with Crippen molar-refractivity contribution < 1.29 is 14.7 Å². The molecular formula is C18H31NO3.